The molecule has 5 heteroatoms. The van der Waals surface area contributed by atoms with Crippen LogP contribution in [0.1, 0.15) is 28.6 Å². The predicted molar refractivity (Wildman–Crippen MR) is 105 cm³/mol. The molecule has 3 aromatic rings. The zero-order valence-corrected chi connectivity index (χ0v) is 15.7. The lowest BCUT2D eigenvalue weighted by Gasteiger charge is -2.29. The van der Waals surface area contributed by atoms with Gasteiger partial charge in [-0.3, -0.25) is 4.79 Å². The van der Waals surface area contributed by atoms with Crippen LogP contribution >= 0.6 is 22.7 Å². The zero-order chi connectivity index (χ0) is 17.2. The molecule has 0 saturated carbocycles. The van der Waals surface area contributed by atoms with Crippen molar-refractivity contribution < 1.29 is 4.79 Å². The average Bonchev–Trinajstić information content (AvgIpc) is 3.30. The molecular formula is C20H20N2OS2. The predicted octanol–water partition coefficient (Wildman–Crippen LogP) is 5.07. The maximum absolute atomic E-state index is 13.1. The van der Waals surface area contributed by atoms with Crippen molar-refractivity contribution in [2.75, 3.05) is 7.05 Å². The number of hydrogen-bond donors (Lipinski definition) is 0. The molecule has 2 atom stereocenters. The SMILES string of the molecule is CN(Cc1cccs1)C(=O)[C@@H]1CC=CC[C@@H]1c1nc2ccccc2s1. The Balaban J connectivity index is 1.58. The summed E-state index contributed by atoms with van der Waals surface area (Å²) < 4.78 is 1.20. The molecule has 0 spiro atoms. The lowest BCUT2D eigenvalue weighted by atomic mass is 9.82. The Morgan fingerprint density at radius 1 is 1.20 bits per heavy atom. The van der Waals surface area contributed by atoms with E-state index in [1.807, 2.05) is 36.2 Å². The average molecular weight is 369 g/mol. The number of thiophene rings is 1. The van der Waals surface area contributed by atoms with Crippen molar-refractivity contribution >= 4 is 38.8 Å². The standard InChI is InChI=1S/C20H20N2OS2/c1-22(13-14-7-6-12-24-14)20(23)16-9-3-2-8-15(16)19-21-17-10-4-5-11-18(17)25-19/h2-7,10-12,15-16H,8-9,13H2,1H3/t15-,16+/m0/s1. The smallest absolute Gasteiger partial charge is 0.226 e. The van der Waals surface area contributed by atoms with E-state index < -0.39 is 0 Å². The van der Waals surface area contributed by atoms with E-state index >= 15 is 0 Å². The van der Waals surface area contributed by atoms with Gasteiger partial charge in [0.05, 0.1) is 27.7 Å². The van der Waals surface area contributed by atoms with Crippen molar-refractivity contribution in [1.29, 1.82) is 0 Å². The topological polar surface area (TPSA) is 33.2 Å². The summed E-state index contributed by atoms with van der Waals surface area (Å²) in [7, 11) is 1.91. The van der Waals surface area contributed by atoms with E-state index in [0.717, 1.165) is 23.4 Å². The van der Waals surface area contributed by atoms with Gasteiger partial charge in [0.25, 0.3) is 0 Å². The van der Waals surface area contributed by atoms with E-state index in [9.17, 15) is 4.79 Å². The van der Waals surface area contributed by atoms with Crippen LogP contribution in [0.3, 0.4) is 0 Å². The molecule has 2 aromatic heterocycles. The fourth-order valence-electron chi connectivity index (χ4n) is 3.41. The van der Waals surface area contributed by atoms with Crippen LogP contribution in [0.5, 0.6) is 0 Å². The van der Waals surface area contributed by atoms with E-state index in [4.69, 9.17) is 4.98 Å². The first-order valence-corrected chi connectivity index (χ1v) is 10.2. The van der Waals surface area contributed by atoms with E-state index in [0.29, 0.717) is 6.54 Å². The summed E-state index contributed by atoms with van der Waals surface area (Å²) in [6, 6.07) is 12.3. The van der Waals surface area contributed by atoms with Gasteiger partial charge in [0.15, 0.2) is 0 Å². The van der Waals surface area contributed by atoms with Gasteiger partial charge in [0.2, 0.25) is 5.91 Å². The van der Waals surface area contributed by atoms with Crippen molar-refractivity contribution in [2.24, 2.45) is 5.92 Å². The third kappa shape index (κ3) is 3.39. The molecule has 0 radical (unpaired) electrons. The molecule has 0 N–H and O–H groups in total. The van der Waals surface area contributed by atoms with Crippen LogP contribution in [-0.2, 0) is 11.3 Å². The highest BCUT2D eigenvalue weighted by Crippen LogP contribution is 2.39. The minimum atomic E-state index is -0.0180. The summed E-state index contributed by atoms with van der Waals surface area (Å²) >= 11 is 3.43. The maximum atomic E-state index is 13.1. The number of aromatic nitrogens is 1. The molecule has 1 aliphatic rings. The molecule has 0 saturated heterocycles. The van der Waals surface area contributed by atoms with Gasteiger partial charge in [-0.2, -0.15) is 0 Å². The first kappa shape index (κ1) is 16.5. The molecule has 1 amide bonds. The highest BCUT2D eigenvalue weighted by Gasteiger charge is 2.34. The van der Waals surface area contributed by atoms with Gasteiger partial charge < -0.3 is 4.90 Å². The molecule has 4 rings (SSSR count). The Kier molecular flexibility index (Phi) is 4.68. The summed E-state index contributed by atoms with van der Waals surface area (Å²) in [5, 5.41) is 3.15. The quantitative estimate of drug-likeness (QED) is 0.603. The lowest BCUT2D eigenvalue weighted by Crippen LogP contribution is -2.36. The van der Waals surface area contributed by atoms with Crippen LogP contribution in [0.15, 0.2) is 53.9 Å². The fourth-order valence-corrected chi connectivity index (χ4v) is 5.31. The number of rotatable bonds is 4. The summed E-state index contributed by atoms with van der Waals surface area (Å²) in [5.74, 6) is 0.387. The lowest BCUT2D eigenvalue weighted by molar-refractivity contribution is -0.135. The molecule has 1 aliphatic carbocycles. The molecule has 3 nitrogen and oxygen atoms in total. The Hall–Kier alpha value is -1.98. The Morgan fingerprint density at radius 3 is 2.84 bits per heavy atom. The van der Waals surface area contributed by atoms with Crippen molar-refractivity contribution in [2.45, 2.75) is 25.3 Å². The van der Waals surface area contributed by atoms with Crippen molar-refractivity contribution in [3.63, 3.8) is 0 Å². The van der Waals surface area contributed by atoms with E-state index in [1.165, 1.54) is 9.58 Å². The van der Waals surface area contributed by atoms with Crippen LogP contribution in [-0.4, -0.2) is 22.8 Å². The van der Waals surface area contributed by atoms with Gasteiger partial charge >= 0.3 is 0 Å². The Labute approximate surface area is 155 Å². The maximum Gasteiger partial charge on any atom is 0.226 e. The number of hydrogen-bond acceptors (Lipinski definition) is 4. The van der Waals surface area contributed by atoms with E-state index in [1.54, 1.807) is 22.7 Å². The molecule has 0 unspecified atom stereocenters. The summed E-state index contributed by atoms with van der Waals surface area (Å²) in [6.45, 7) is 0.684. The third-order valence-corrected chi connectivity index (χ3v) is 6.76. The number of allylic oxidation sites excluding steroid dienone is 2. The Bertz CT molecular complexity index is 864. The molecule has 0 aliphatic heterocycles. The molecule has 2 heterocycles. The van der Waals surface area contributed by atoms with Crippen LogP contribution in [0.2, 0.25) is 0 Å². The number of carbonyl (C=O) groups excluding carboxylic acids is 1. The normalized spacial score (nSPS) is 20.0. The van der Waals surface area contributed by atoms with Crippen LogP contribution in [0.4, 0.5) is 0 Å². The fraction of sp³-hybridized carbons (Fsp3) is 0.300. The number of fused-ring (bicyclic) bond motifs is 1. The van der Waals surface area contributed by atoms with Gasteiger partial charge in [0.1, 0.15) is 0 Å². The number of amides is 1. The number of benzene rings is 1. The molecule has 1 aromatic carbocycles. The van der Waals surface area contributed by atoms with Crippen LogP contribution < -0.4 is 0 Å². The number of para-hydroxylation sites is 1. The van der Waals surface area contributed by atoms with E-state index in [-0.39, 0.29) is 17.7 Å². The van der Waals surface area contributed by atoms with Crippen molar-refractivity contribution in [1.82, 2.24) is 9.88 Å². The summed E-state index contributed by atoms with van der Waals surface area (Å²) in [6.07, 6.45) is 6.03. The van der Waals surface area contributed by atoms with E-state index in [2.05, 4.69) is 29.7 Å². The first-order valence-electron chi connectivity index (χ1n) is 8.50. The van der Waals surface area contributed by atoms with Gasteiger partial charge in [-0.15, -0.1) is 22.7 Å². The summed E-state index contributed by atoms with van der Waals surface area (Å²) in [4.78, 5) is 21.0. The largest absolute Gasteiger partial charge is 0.340 e. The molecule has 128 valence electrons. The number of thiazole rings is 1. The number of nitrogens with zero attached hydrogens (tertiary/aromatic N) is 2. The molecule has 0 bridgehead atoms. The van der Waals surface area contributed by atoms with Gasteiger partial charge in [-0.05, 0) is 36.4 Å². The second kappa shape index (κ2) is 7.10. The summed E-state index contributed by atoms with van der Waals surface area (Å²) in [5.41, 5.74) is 1.04. The van der Waals surface area contributed by atoms with Gasteiger partial charge in [-0.25, -0.2) is 4.98 Å². The van der Waals surface area contributed by atoms with Crippen molar-refractivity contribution in [3.05, 3.63) is 63.8 Å². The van der Waals surface area contributed by atoms with Crippen molar-refractivity contribution in [3.8, 4) is 0 Å². The second-order valence-corrected chi connectivity index (χ2v) is 8.54. The van der Waals surface area contributed by atoms with Crippen LogP contribution in [0, 0.1) is 5.92 Å². The third-order valence-electron chi connectivity index (χ3n) is 4.73. The highest BCUT2D eigenvalue weighted by atomic mass is 32.1. The van der Waals surface area contributed by atoms with Gasteiger partial charge in [-0.1, -0.05) is 30.4 Å². The number of carbonyl (C=O) groups is 1. The monoisotopic (exact) mass is 368 g/mol. The Morgan fingerprint density at radius 2 is 2.04 bits per heavy atom. The highest BCUT2D eigenvalue weighted by molar-refractivity contribution is 7.18. The second-order valence-electron chi connectivity index (χ2n) is 6.45. The first-order chi connectivity index (χ1) is 12.2. The zero-order valence-electron chi connectivity index (χ0n) is 14.1. The minimum Gasteiger partial charge on any atom is -0.340 e. The molecule has 0 fully saturated rings. The van der Waals surface area contributed by atoms with Crippen LogP contribution in [0.25, 0.3) is 10.2 Å². The van der Waals surface area contributed by atoms with Gasteiger partial charge in [0, 0.05) is 17.8 Å². The minimum absolute atomic E-state index is 0.0180. The molecular weight excluding hydrogens is 348 g/mol. The molecule has 25 heavy (non-hydrogen) atoms.